The lowest BCUT2D eigenvalue weighted by atomic mass is 10.4. The van der Waals surface area contributed by atoms with Crippen LogP contribution in [0.1, 0.15) is 12.8 Å². The average molecular weight is 373 g/mol. The van der Waals surface area contributed by atoms with E-state index >= 15 is 0 Å². The highest BCUT2D eigenvalue weighted by atomic mass is 79.9. The van der Waals surface area contributed by atoms with Gasteiger partial charge in [0.15, 0.2) is 0 Å². The van der Waals surface area contributed by atoms with E-state index in [4.69, 9.17) is 23.2 Å². The SMILES string of the molecule is CN(CC1CC1)S(=O)(=O)c1c(Cl)cc(Br)cc1Cl. The molecule has 100 valence electrons. The van der Waals surface area contributed by atoms with Gasteiger partial charge in [-0.15, -0.1) is 0 Å². The molecule has 1 aromatic rings. The van der Waals surface area contributed by atoms with E-state index in [2.05, 4.69) is 15.9 Å². The third-order valence-electron chi connectivity index (χ3n) is 2.84. The number of halogens is 3. The molecule has 0 aromatic heterocycles. The molecule has 0 heterocycles. The first-order valence-corrected chi connectivity index (χ1v) is 8.42. The molecule has 1 aliphatic carbocycles. The lowest BCUT2D eigenvalue weighted by Gasteiger charge is -2.18. The predicted octanol–water partition coefficient (Wildman–Crippen LogP) is 3.79. The average Bonchev–Trinajstić information content (AvgIpc) is 2.98. The van der Waals surface area contributed by atoms with Gasteiger partial charge in [-0.05, 0) is 30.9 Å². The van der Waals surface area contributed by atoms with Crippen LogP contribution in [0.2, 0.25) is 10.0 Å². The van der Waals surface area contributed by atoms with Crippen LogP contribution in [0.4, 0.5) is 0 Å². The first-order valence-electron chi connectivity index (χ1n) is 5.43. The zero-order chi connectivity index (χ0) is 13.5. The zero-order valence-electron chi connectivity index (χ0n) is 9.66. The lowest BCUT2D eigenvalue weighted by Crippen LogP contribution is -2.29. The van der Waals surface area contributed by atoms with E-state index in [-0.39, 0.29) is 14.9 Å². The molecule has 0 radical (unpaired) electrons. The minimum Gasteiger partial charge on any atom is -0.207 e. The summed E-state index contributed by atoms with van der Waals surface area (Å²) in [5.74, 6) is 0.470. The van der Waals surface area contributed by atoms with E-state index in [9.17, 15) is 8.42 Å². The van der Waals surface area contributed by atoms with Gasteiger partial charge in [0.05, 0.1) is 10.0 Å². The molecule has 0 bridgehead atoms. The standard InChI is InChI=1S/C11H12BrCl2NO2S/c1-15(6-7-2-3-7)18(16,17)11-9(13)4-8(12)5-10(11)14/h4-5,7H,2-3,6H2,1H3. The van der Waals surface area contributed by atoms with Crippen LogP contribution in [-0.2, 0) is 10.0 Å². The molecule has 18 heavy (non-hydrogen) atoms. The summed E-state index contributed by atoms with van der Waals surface area (Å²) in [6.07, 6.45) is 2.17. The summed E-state index contributed by atoms with van der Waals surface area (Å²) in [6, 6.07) is 3.07. The molecular weight excluding hydrogens is 361 g/mol. The van der Waals surface area contributed by atoms with Crippen molar-refractivity contribution in [2.24, 2.45) is 5.92 Å². The van der Waals surface area contributed by atoms with Crippen molar-refractivity contribution >= 4 is 49.2 Å². The molecule has 1 saturated carbocycles. The molecular formula is C11H12BrCl2NO2S. The fourth-order valence-electron chi connectivity index (χ4n) is 1.69. The van der Waals surface area contributed by atoms with Crippen molar-refractivity contribution in [3.63, 3.8) is 0 Å². The molecule has 1 aliphatic rings. The van der Waals surface area contributed by atoms with Gasteiger partial charge >= 0.3 is 0 Å². The van der Waals surface area contributed by atoms with Gasteiger partial charge in [0.2, 0.25) is 10.0 Å². The maximum atomic E-state index is 12.4. The molecule has 0 N–H and O–H groups in total. The number of rotatable bonds is 4. The van der Waals surface area contributed by atoms with Gasteiger partial charge in [-0.1, -0.05) is 39.1 Å². The minimum atomic E-state index is -3.62. The second-order valence-electron chi connectivity index (χ2n) is 4.43. The van der Waals surface area contributed by atoms with Gasteiger partial charge in [-0.25, -0.2) is 12.7 Å². The van der Waals surface area contributed by atoms with Gasteiger partial charge in [-0.3, -0.25) is 0 Å². The fraction of sp³-hybridized carbons (Fsp3) is 0.455. The zero-order valence-corrected chi connectivity index (χ0v) is 13.6. The fourth-order valence-corrected chi connectivity index (χ4v) is 4.82. The molecule has 0 atom stereocenters. The molecule has 1 aromatic carbocycles. The quantitative estimate of drug-likeness (QED) is 0.806. The third-order valence-corrected chi connectivity index (χ3v) is 6.05. The maximum absolute atomic E-state index is 12.4. The highest BCUT2D eigenvalue weighted by Crippen LogP contribution is 2.36. The van der Waals surface area contributed by atoms with E-state index in [0.717, 1.165) is 12.8 Å². The van der Waals surface area contributed by atoms with Crippen LogP contribution in [0, 0.1) is 5.92 Å². The lowest BCUT2D eigenvalue weighted by molar-refractivity contribution is 0.453. The Morgan fingerprint density at radius 3 is 2.28 bits per heavy atom. The Bertz CT molecular complexity index is 549. The highest BCUT2D eigenvalue weighted by Gasteiger charge is 2.31. The van der Waals surface area contributed by atoms with E-state index in [1.807, 2.05) is 0 Å². The van der Waals surface area contributed by atoms with Crippen LogP contribution in [0.15, 0.2) is 21.5 Å². The van der Waals surface area contributed by atoms with Crippen molar-refractivity contribution in [1.82, 2.24) is 4.31 Å². The second kappa shape index (κ2) is 5.29. The topological polar surface area (TPSA) is 37.4 Å². The van der Waals surface area contributed by atoms with E-state index < -0.39 is 10.0 Å². The number of benzene rings is 1. The molecule has 0 saturated heterocycles. The molecule has 0 spiro atoms. The highest BCUT2D eigenvalue weighted by molar-refractivity contribution is 9.10. The number of sulfonamides is 1. The van der Waals surface area contributed by atoms with Gasteiger partial charge in [0.25, 0.3) is 0 Å². The summed E-state index contributed by atoms with van der Waals surface area (Å²) in [7, 11) is -2.07. The predicted molar refractivity (Wildman–Crippen MR) is 76.7 cm³/mol. The van der Waals surface area contributed by atoms with Gasteiger partial charge < -0.3 is 0 Å². The van der Waals surface area contributed by atoms with Gasteiger partial charge in [-0.2, -0.15) is 0 Å². The van der Waals surface area contributed by atoms with Crippen LogP contribution in [-0.4, -0.2) is 26.3 Å². The Hall–Kier alpha value is 0.190. The summed E-state index contributed by atoms with van der Waals surface area (Å²) >= 11 is 15.2. The van der Waals surface area contributed by atoms with Crippen molar-refractivity contribution in [2.75, 3.05) is 13.6 Å². The Kier molecular flexibility index (Phi) is 4.29. The second-order valence-corrected chi connectivity index (χ2v) is 8.14. The molecule has 1 fully saturated rings. The van der Waals surface area contributed by atoms with Gasteiger partial charge in [0.1, 0.15) is 4.90 Å². The summed E-state index contributed by atoms with van der Waals surface area (Å²) in [6.45, 7) is 0.519. The van der Waals surface area contributed by atoms with Crippen LogP contribution < -0.4 is 0 Å². The van der Waals surface area contributed by atoms with E-state index in [1.54, 1.807) is 7.05 Å². The summed E-state index contributed by atoms with van der Waals surface area (Å²) < 4.78 is 26.8. The van der Waals surface area contributed by atoms with E-state index in [0.29, 0.717) is 16.9 Å². The molecule has 0 unspecified atom stereocenters. The molecule has 3 nitrogen and oxygen atoms in total. The normalized spacial score (nSPS) is 16.3. The number of hydrogen-bond acceptors (Lipinski definition) is 2. The van der Waals surface area contributed by atoms with Crippen molar-refractivity contribution in [2.45, 2.75) is 17.7 Å². The Labute approximate surface area is 125 Å². The van der Waals surface area contributed by atoms with Crippen LogP contribution >= 0.6 is 39.1 Å². The smallest absolute Gasteiger partial charge is 0.207 e. The molecule has 7 heteroatoms. The Morgan fingerprint density at radius 2 is 1.83 bits per heavy atom. The van der Waals surface area contributed by atoms with Crippen LogP contribution in [0.5, 0.6) is 0 Å². The third kappa shape index (κ3) is 3.02. The molecule has 0 amide bonds. The minimum absolute atomic E-state index is 0.0165. The molecule has 2 rings (SSSR count). The summed E-state index contributed by atoms with van der Waals surface area (Å²) in [4.78, 5) is -0.0165. The van der Waals surface area contributed by atoms with E-state index in [1.165, 1.54) is 16.4 Å². The first-order chi connectivity index (χ1) is 8.32. The summed E-state index contributed by atoms with van der Waals surface area (Å²) in [5, 5.41) is 0.272. The van der Waals surface area contributed by atoms with Crippen LogP contribution in [0.3, 0.4) is 0 Å². The van der Waals surface area contributed by atoms with Crippen molar-refractivity contribution in [3.05, 3.63) is 26.7 Å². The largest absolute Gasteiger partial charge is 0.245 e. The number of nitrogens with zero attached hydrogens (tertiary/aromatic N) is 1. The number of hydrogen-bond donors (Lipinski definition) is 0. The van der Waals surface area contributed by atoms with Crippen molar-refractivity contribution in [3.8, 4) is 0 Å². The monoisotopic (exact) mass is 371 g/mol. The van der Waals surface area contributed by atoms with Crippen molar-refractivity contribution < 1.29 is 8.42 Å². The van der Waals surface area contributed by atoms with Crippen molar-refractivity contribution in [1.29, 1.82) is 0 Å². The first kappa shape index (κ1) is 14.6. The van der Waals surface area contributed by atoms with Crippen LogP contribution in [0.25, 0.3) is 0 Å². The maximum Gasteiger partial charge on any atom is 0.245 e. The Balaban J connectivity index is 2.39. The van der Waals surface area contributed by atoms with Gasteiger partial charge in [0, 0.05) is 18.1 Å². The Morgan fingerprint density at radius 1 is 1.33 bits per heavy atom. The summed E-state index contributed by atoms with van der Waals surface area (Å²) in [5.41, 5.74) is 0. The molecule has 0 aliphatic heterocycles.